The third kappa shape index (κ3) is 1.11. The fraction of sp³-hybridized carbons (Fsp3) is 0.250. The molecule has 0 aliphatic rings. The van der Waals surface area contributed by atoms with Crippen molar-refractivity contribution in [3.8, 4) is 11.7 Å². The van der Waals surface area contributed by atoms with Crippen LogP contribution in [0, 0.1) is 0 Å². The third-order valence-electron chi connectivity index (χ3n) is 1.56. The molecule has 2 heterocycles. The number of nitrogens with zero attached hydrogens (tertiary/aromatic N) is 2. The van der Waals surface area contributed by atoms with E-state index in [1.807, 2.05) is 6.92 Å². The van der Waals surface area contributed by atoms with Gasteiger partial charge in [0.25, 0.3) is 5.89 Å². The molecule has 62 valence electrons. The molecule has 4 nitrogen and oxygen atoms in total. The van der Waals surface area contributed by atoms with E-state index in [4.69, 9.17) is 8.94 Å². The van der Waals surface area contributed by atoms with Gasteiger partial charge in [0.1, 0.15) is 6.26 Å². The van der Waals surface area contributed by atoms with E-state index in [1.54, 1.807) is 18.5 Å². The zero-order valence-corrected chi connectivity index (χ0v) is 6.65. The highest BCUT2D eigenvalue weighted by atomic mass is 16.5. The lowest BCUT2D eigenvalue weighted by Crippen LogP contribution is -1.78. The first-order chi connectivity index (χ1) is 5.90. The van der Waals surface area contributed by atoms with Crippen LogP contribution in [0.2, 0.25) is 0 Å². The Morgan fingerprint density at radius 1 is 1.50 bits per heavy atom. The van der Waals surface area contributed by atoms with Crippen LogP contribution < -0.4 is 0 Å². The summed E-state index contributed by atoms with van der Waals surface area (Å²) in [5, 5.41) is 3.56. The molecule has 2 rings (SSSR count). The summed E-state index contributed by atoms with van der Waals surface area (Å²) in [5.41, 5.74) is 0.918. The van der Waals surface area contributed by atoms with Crippen molar-refractivity contribution in [1.82, 2.24) is 10.1 Å². The molecular weight excluding hydrogens is 156 g/mol. The largest absolute Gasteiger partial charge is 0.442 e. The van der Waals surface area contributed by atoms with E-state index in [9.17, 15) is 0 Å². The molecule has 0 unspecified atom stereocenters. The minimum absolute atomic E-state index is 0.490. The van der Waals surface area contributed by atoms with Gasteiger partial charge in [0, 0.05) is 6.07 Å². The second-order valence-corrected chi connectivity index (χ2v) is 2.37. The van der Waals surface area contributed by atoms with Crippen molar-refractivity contribution in [2.24, 2.45) is 0 Å². The van der Waals surface area contributed by atoms with Gasteiger partial charge in [0.2, 0.25) is 5.76 Å². The van der Waals surface area contributed by atoms with Gasteiger partial charge in [-0.25, -0.2) is 4.98 Å². The van der Waals surface area contributed by atoms with Crippen LogP contribution in [-0.4, -0.2) is 10.1 Å². The quantitative estimate of drug-likeness (QED) is 0.680. The first-order valence-corrected chi connectivity index (χ1v) is 3.75. The molecule has 2 aromatic heterocycles. The van der Waals surface area contributed by atoms with Crippen LogP contribution in [0.5, 0.6) is 0 Å². The summed E-state index contributed by atoms with van der Waals surface area (Å²) in [7, 11) is 0. The Morgan fingerprint density at radius 3 is 3.00 bits per heavy atom. The second kappa shape index (κ2) is 2.81. The highest BCUT2D eigenvalue weighted by Crippen LogP contribution is 2.17. The van der Waals surface area contributed by atoms with Crippen LogP contribution in [0.3, 0.4) is 0 Å². The van der Waals surface area contributed by atoms with Crippen LogP contribution in [0.25, 0.3) is 11.7 Å². The van der Waals surface area contributed by atoms with Gasteiger partial charge in [-0.05, 0) is 6.42 Å². The normalized spacial score (nSPS) is 10.4. The Kier molecular flexibility index (Phi) is 1.66. The molecule has 0 aromatic carbocycles. The lowest BCUT2D eigenvalue weighted by atomic mass is 10.4. The summed E-state index contributed by atoms with van der Waals surface area (Å²) >= 11 is 0. The van der Waals surface area contributed by atoms with Crippen molar-refractivity contribution in [3.63, 3.8) is 0 Å². The van der Waals surface area contributed by atoms with Gasteiger partial charge in [-0.15, -0.1) is 0 Å². The summed E-state index contributed by atoms with van der Waals surface area (Å²) < 4.78 is 10.0. The molecule has 0 aliphatic carbocycles. The van der Waals surface area contributed by atoms with Crippen molar-refractivity contribution in [3.05, 3.63) is 24.2 Å². The number of aromatic nitrogens is 2. The zero-order chi connectivity index (χ0) is 8.39. The zero-order valence-electron chi connectivity index (χ0n) is 6.65. The molecule has 0 spiro atoms. The Morgan fingerprint density at radius 2 is 2.42 bits per heavy atom. The van der Waals surface area contributed by atoms with Gasteiger partial charge in [0.15, 0.2) is 0 Å². The lowest BCUT2D eigenvalue weighted by molar-refractivity contribution is 0.415. The van der Waals surface area contributed by atoms with E-state index in [0.29, 0.717) is 11.7 Å². The Hall–Kier alpha value is -1.58. The van der Waals surface area contributed by atoms with Gasteiger partial charge < -0.3 is 8.94 Å². The Balaban J connectivity index is 2.35. The molecule has 0 amide bonds. The van der Waals surface area contributed by atoms with Gasteiger partial charge >= 0.3 is 0 Å². The smallest absolute Gasteiger partial charge is 0.265 e. The second-order valence-electron chi connectivity index (χ2n) is 2.37. The topological polar surface area (TPSA) is 52.1 Å². The third-order valence-corrected chi connectivity index (χ3v) is 1.56. The predicted octanol–water partition coefficient (Wildman–Crippen LogP) is 1.89. The van der Waals surface area contributed by atoms with Gasteiger partial charge in [0.05, 0.1) is 11.9 Å². The molecule has 12 heavy (non-hydrogen) atoms. The average molecular weight is 164 g/mol. The van der Waals surface area contributed by atoms with Crippen LogP contribution in [0.4, 0.5) is 0 Å². The maximum Gasteiger partial charge on any atom is 0.265 e. The highest BCUT2D eigenvalue weighted by molar-refractivity contribution is 5.42. The average Bonchev–Trinajstić information content (AvgIpc) is 2.75. The summed E-state index contributed by atoms with van der Waals surface area (Å²) in [6.45, 7) is 2.02. The van der Waals surface area contributed by atoms with Gasteiger partial charge in [-0.2, -0.15) is 0 Å². The summed E-state index contributed by atoms with van der Waals surface area (Å²) in [6.07, 6.45) is 4.04. The number of oxazole rings is 1. The monoisotopic (exact) mass is 164 g/mol. The summed E-state index contributed by atoms with van der Waals surface area (Å²) in [5.74, 6) is 1.05. The maximum absolute atomic E-state index is 5.16. The fourth-order valence-corrected chi connectivity index (χ4v) is 0.909. The number of hydrogen-bond acceptors (Lipinski definition) is 4. The molecular formula is C8H8N2O2. The first kappa shape index (κ1) is 7.09. The molecule has 0 fully saturated rings. The standard InChI is InChI=1S/C8H8N2O2/c1-2-6-5-11-8(10-6)7-3-4-9-12-7/h3-5H,2H2,1H3. The molecule has 2 aromatic rings. The number of hydrogen-bond donors (Lipinski definition) is 0. The van der Waals surface area contributed by atoms with E-state index >= 15 is 0 Å². The van der Waals surface area contributed by atoms with E-state index in [0.717, 1.165) is 12.1 Å². The van der Waals surface area contributed by atoms with Crippen molar-refractivity contribution in [2.75, 3.05) is 0 Å². The van der Waals surface area contributed by atoms with Crippen molar-refractivity contribution < 1.29 is 8.94 Å². The van der Waals surface area contributed by atoms with Crippen molar-refractivity contribution in [2.45, 2.75) is 13.3 Å². The molecule has 0 N–H and O–H groups in total. The molecule has 0 saturated carbocycles. The minimum Gasteiger partial charge on any atom is -0.442 e. The molecule has 0 radical (unpaired) electrons. The first-order valence-electron chi connectivity index (χ1n) is 3.75. The van der Waals surface area contributed by atoms with E-state index < -0.39 is 0 Å². The molecule has 0 atom stereocenters. The Bertz CT molecular complexity index is 351. The predicted molar refractivity (Wildman–Crippen MR) is 41.4 cm³/mol. The van der Waals surface area contributed by atoms with Crippen LogP contribution in [-0.2, 0) is 6.42 Å². The molecule has 0 saturated heterocycles. The summed E-state index contributed by atoms with van der Waals surface area (Å²) in [6, 6.07) is 1.71. The lowest BCUT2D eigenvalue weighted by Gasteiger charge is -1.82. The number of aryl methyl sites for hydroxylation is 1. The van der Waals surface area contributed by atoms with Crippen molar-refractivity contribution >= 4 is 0 Å². The molecule has 0 aliphatic heterocycles. The number of rotatable bonds is 2. The van der Waals surface area contributed by atoms with E-state index in [1.165, 1.54) is 0 Å². The van der Waals surface area contributed by atoms with Gasteiger partial charge in [-0.3, -0.25) is 0 Å². The SMILES string of the molecule is CCc1coc(-c2ccno2)n1. The molecule has 4 heteroatoms. The fourth-order valence-electron chi connectivity index (χ4n) is 0.909. The van der Waals surface area contributed by atoms with E-state index in [-0.39, 0.29) is 0 Å². The molecule has 0 bridgehead atoms. The minimum atomic E-state index is 0.490. The van der Waals surface area contributed by atoms with Crippen LogP contribution in [0.1, 0.15) is 12.6 Å². The van der Waals surface area contributed by atoms with Gasteiger partial charge in [-0.1, -0.05) is 12.1 Å². The summed E-state index contributed by atoms with van der Waals surface area (Å²) in [4.78, 5) is 4.17. The highest BCUT2D eigenvalue weighted by Gasteiger charge is 2.08. The Labute approximate surface area is 69.2 Å². The van der Waals surface area contributed by atoms with Crippen LogP contribution in [0.15, 0.2) is 27.5 Å². The maximum atomic E-state index is 5.16. The van der Waals surface area contributed by atoms with E-state index in [2.05, 4.69) is 10.1 Å². The van der Waals surface area contributed by atoms with Crippen molar-refractivity contribution in [1.29, 1.82) is 0 Å². The van der Waals surface area contributed by atoms with Crippen LogP contribution >= 0.6 is 0 Å².